The second-order valence-corrected chi connectivity index (χ2v) is 4.36. The van der Waals surface area contributed by atoms with Crippen molar-refractivity contribution < 1.29 is 9.84 Å². The van der Waals surface area contributed by atoms with Crippen LogP contribution in [0, 0.1) is 5.92 Å². The quantitative estimate of drug-likeness (QED) is 0.772. The molecule has 0 radical (unpaired) electrons. The van der Waals surface area contributed by atoms with E-state index in [4.69, 9.17) is 4.74 Å². The Bertz CT molecular complexity index is 336. The average Bonchev–Trinajstić information content (AvgIpc) is 3.13. The lowest BCUT2D eigenvalue weighted by Crippen LogP contribution is -2.27. The summed E-state index contributed by atoms with van der Waals surface area (Å²) >= 11 is 0. The largest absolute Gasteiger partial charge is 0.392 e. The van der Waals surface area contributed by atoms with Crippen LogP contribution >= 0.6 is 0 Å². The maximum Gasteiger partial charge on any atom is 0.0701 e. The van der Waals surface area contributed by atoms with E-state index in [0.29, 0.717) is 6.04 Å². The predicted octanol–water partition coefficient (Wildman–Crippen LogP) is 2.02. The van der Waals surface area contributed by atoms with E-state index < -0.39 is 0 Å². The molecule has 1 atom stereocenters. The van der Waals surface area contributed by atoms with Crippen molar-refractivity contribution >= 4 is 5.69 Å². The third kappa shape index (κ3) is 2.74. The van der Waals surface area contributed by atoms with Gasteiger partial charge in [-0.05, 0) is 24.8 Å². The Labute approximate surface area is 96.4 Å². The van der Waals surface area contributed by atoms with Crippen LogP contribution in [0.5, 0.6) is 0 Å². The Balaban J connectivity index is 2.05. The molecule has 1 aliphatic rings. The molecule has 0 aliphatic heterocycles. The summed E-state index contributed by atoms with van der Waals surface area (Å²) in [6, 6.07) is 8.25. The maximum atomic E-state index is 9.24. The van der Waals surface area contributed by atoms with E-state index in [0.717, 1.165) is 23.8 Å². The summed E-state index contributed by atoms with van der Waals surface area (Å²) < 4.78 is 5.23. The Morgan fingerprint density at radius 1 is 1.44 bits per heavy atom. The number of ether oxygens (including phenoxy) is 1. The van der Waals surface area contributed by atoms with E-state index in [1.165, 1.54) is 12.8 Å². The first-order valence-corrected chi connectivity index (χ1v) is 5.79. The number of rotatable bonds is 6. The van der Waals surface area contributed by atoms with Gasteiger partial charge in [-0.3, -0.25) is 0 Å². The second-order valence-electron chi connectivity index (χ2n) is 4.36. The summed E-state index contributed by atoms with van der Waals surface area (Å²) in [7, 11) is 1.73. The Morgan fingerprint density at radius 3 is 2.81 bits per heavy atom. The number of nitrogens with one attached hydrogen (secondary N) is 1. The van der Waals surface area contributed by atoms with E-state index in [1.807, 2.05) is 24.3 Å². The van der Waals surface area contributed by atoms with Crippen LogP contribution in [0.1, 0.15) is 18.4 Å². The summed E-state index contributed by atoms with van der Waals surface area (Å²) in [5.74, 6) is 0.728. The Hall–Kier alpha value is -1.06. The molecule has 1 unspecified atom stereocenters. The summed E-state index contributed by atoms with van der Waals surface area (Å²) in [6.07, 6.45) is 2.56. The van der Waals surface area contributed by atoms with Crippen molar-refractivity contribution in [3.8, 4) is 0 Å². The van der Waals surface area contributed by atoms with Crippen LogP contribution in [0.4, 0.5) is 5.69 Å². The molecule has 3 heteroatoms. The lowest BCUT2D eigenvalue weighted by Gasteiger charge is -2.20. The fraction of sp³-hybridized carbons (Fsp3) is 0.538. The molecule has 3 nitrogen and oxygen atoms in total. The minimum absolute atomic E-state index is 0.0769. The molecule has 1 saturated carbocycles. The smallest absolute Gasteiger partial charge is 0.0701 e. The topological polar surface area (TPSA) is 41.5 Å². The van der Waals surface area contributed by atoms with Crippen molar-refractivity contribution in [1.29, 1.82) is 0 Å². The monoisotopic (exact) mass is 221 g/mol. The first-order valence-electron chi connectivity index (χ1n) is 5.79. The zero-order valence-corrected chi connectivity index (χ0v) is 9.65. The Morgan fingerprint density at radius 2 is 2.19 bits per heavy atom. The van der Waals surface area contributed by atoms with Crippen molar-refractivity contribution in [3.63, 3.8) is 0 Å². The van der Waals surface area contributed by atoms with Gasteiger partial charge in [0.2, 0.25) is 0 Å². The van der Waals surface area contributed by atoms with E-state index in [2.05, 4.69) is 5.32 Å². The van der Waals surface area contributed by atoms with Crippen molar-refractivity contribution in [3.05, 3.63) is 29.8 Å². The van der Waals surface area contributed by atoms with Crippen LogP contribution in [0.15, 0.2) is 24.3 Å². The fourth-order valence-electron chi connectivity index (χ4n) is 1.97. The first kappa shape index (κ1) is 11.4. The van der Waals surface area contributed by atoms with Gasteiger partial charge in [0, 0.05) is 18.4 Å². The lowest BCUT2D eigenvalue weighted by molar-refractivity contribution is 0.179. The number of hydrogen-bond donors (Lipinski definition) is 2. The second kappa shape index (κ2) is 5.32. The SMILES string of the molecule is COCC(Nc1ccccc1CO)C1CC1. The van der Waals surface area contributed by atoms with Gasteiger partial charge in [-0.1, -0.05) is 18.2 Å². The van der Waals surface area contributed by atoms with Gasteiger partial charge in [-0.25, -0.2) is 0 Å². The number of benzene rings is 1. The molecule has 88 valence electrons. The number of methoxy groups -OCH3 is 1. The van der Waals surface area contributed by atoms with Gasteiger partial charge in [0.05, 0.1) is 19.3 Å². The van der Waals surface area contributed by atoms with Crippen LogP contribution in [0.2, 0.25) is 0 Å². The van der Waals surface area contributed by atoms with Crippen molar-refractivity contribution in [2.75, 3.05) is 19.0 Å². The van der Waals surface area contributed by atoms with E-state index >= 15 is 0 Å². The zero-order chi connectivity index (χ0) is 11.4. The Kier molecular flexibility index (Phi) is 3.80. The highest BCUT2D eigenvalue weighted by atomic mass is 16.5. The third-order valence-corrected chi connectivity index (χ3v) is 3.07. The van der Waals surface area contributed by atoms with Crippen LogP contribution in [0.3, 0.4) is 0 Å². The summed E-state index contributed by atoms with van der Waals surface area (Å²) in [6.45, 7) is 0.804. The number of para-hydroxylation sites is 1. The van der Waals surface area contributed by atoms with Gasteiger partial charge < -0.3 is 15.2 Å². The molecule has 1 fully saturated rings. The van der Waals surface area contributed by atoms with E-state index in [1.54, 1.807) is 7.11 Å². The fourth-order valence-corrected chi connectivity index (χ4v) is 1.97. The van der Waals surface area contributed by atoms with Gasteiger partial charge in [-0.2, -0.15) is 0 Å². The average molecular weight is 221 g/mol. The number of aliphatic hydroxyl groups excluding tert-OH is 1. The van der Waals surface area contributed by atoms with Gasteiger partial charge in [0.15, 0.2) is 0 Å². The molecule has 0 aromatic heterocycles. The molecule has 0 amide bonds. The van der Waals surface area contributed by atoms with Crippen molar-refractivity contribution in [2.45, 2.75) is 25.5 Å². The van der Waals surface area contributed by atoms with Crippen molar-refractivity contribution in [2.24, 2.45) is 5.92 Å². The molecule has 1 aliphatic carbocycles. The molecule has 0 bridgehead atoms. The maximum absolute atomic E-state index is 9.24. The molecule has 16 heavy (non-hydrogen) atoms. The zero-order valence-electron chi connectivity index (χ0n) is 9.65. The lowest BCUT2D eigenvalue weighted by atomic mass is 10.1. The van der Waals surface area contributed by atoms with Crippen molar-refractivity contribution in [1.82, 2.24) is 0 Å². The normalized spacial score (nSPS) is 17.1. The number of anilines is 1. The first-order chi connectivity index (χ1) is 7.85. The minimum atomic E-state index is 0.0769. The molecule has 0 spiro atoms. The summed E-state index contributed by atoms with van der Waals surface area (Å²) in [5, 5.41) is 12.7. The molecule has 0 heterocycles. The molecule has 1 aromatic rings. The van der Waals surface area contributed by atoms with Crippen LogP contribution in [-0.4, -0.2) is 24.9 Å². The molecule has 0 saturated heterocycles. The molecule has 2 N–H and O–H groups in total. The van der Waals surface area contributed by atoms with Gasteiger partial charge in [0.1, 0.15) is 0 Å². The highest BCUT2D eigenvalue weighted by Crippen LogP contribution is 2.34. The number of aliphatic hydroxyl groups is 1. The standard InChI is InChI=1S/C13H19NO2/c1-16-9-13(10-6-7-10)14-12-5-3-2-4-11(12)8-15/h2-5,10,13-15H,6-9H2,1H3. The minimum Gasteiger partial charge on any atom is -0.392 e. The third-order valence-electron chi connectivity index (χ3n) is 3.07. The summed E-state index contributed by atoms with van der Waals surface area (Å²) in [5.41, 5.74) is 1.98. The van der Waals surface area contributed by atoms with E-state index in [9.17, 15) is 5.11 Å². The highest BCUT2D eigenvalue weighted by molar-refractivity contribution is 5.51. The van der Waals surface area contributed by atoms with Crippen LogP contribution < -0.4 is 5.32 Å². The molecular weight excluding hydrogens is 202 g/mol. The predicted molar refractivity (Wildman–Crippen MR) is 64.4 cm³/mol. The van der Waals surface area contributed by atoms with Gasteiger partial charge in [-0.15, -0.1) is 0 Å². The molecule has 2 rings (SSSR count). The number of hydrogen-bond acceptors (Lipinski definition) is 3. The van der Waals surface area contributed by atoms with Gasteiger partial charge >= 0.3 is 0 Å². The summed E-state index contributed by atoms with van der Waals surface area (Å²) in [4.78, 5) is 0. The molecular formula is C13H19NO2. The highest BCUT2D eigenvalue weighted by Gasteiger charge is 2.31. The van der Waals surface area contributed by atoms with E-state index in [-0.39, 0.29) is 6.61 Å². The van der Waals surface area contributed by atoms with Crippen LogP contribution in [0.25, 0.3) is 0 Å². The molecule has 1 aromatic carbocycles. The van der Waals surface area contributed by atoms with Gasteiger partial charge in [0.25, 0.3) is 0 Å². The van der Waals surface area contributed by atoms with Crippen LogP contribution in [-0.2, 0) is 11.3 Å².